The van der Waals surface area contributed by atoms with Gasteiger partial charge < -0.3 is 14.6 Å². The van der Waals surface area contributed by atoms with Crippen molar-refractivity contribution < 1.29 is 27.8 Å². The number of hydrogen-bond acceptors (Lipinski definition) is 4. The molecule has 0 saturated carbocycles. The number of likely N-dealkylation sites (tertiary alicyclic amines) is 1. The zero-order chi connectivity index (χ0) is 27.0. The van der Waals surface area contributed by atoms with Crippen LogP contribution in [-0.2, 0) is 6.18 Å². The molecule has 0 aromatic heterocycles. The third-order valence-electron chi connectivity index (χ3n) is 7.55. The highest BCUT2D eigenvalue weighted by molar-refractivity contribution is 5.95. The summed E-state index contributed by atoms with van der Waals surface area (Å²) in [4.78, 5) is 2.45. The molecule has 1 fully saturated rings. The highest BCUT2D eigenvalue weighted by atomic mass is 19.4. The van der Waals surface area contributed by atoms with Crippen molar-refractivity contribution in [3.63, 3.8) is 0 Å². The minimum atomic E-state index is -4.41. The Balaban J connectivity index is 1.42. The highest BCUT2D eigenvalue weighted by Gasteiger charge is 2.33. The van der Waals surface area contributed by atoms with Crippen LogP contribution in [0.25, 0.3) is 11.1 Å². The summed E-state index contributed by atoms with van der Waals surface area (Å²) in [6.45, 7) is 9.15. The predicted octanol–water partition coefficient (Wildman–Crippen LogP) is 7.58. The molecule has 2 heterocycles. The van der Waals surface area contributed by atoms with Crippen LogP contribution >= 0.6 is 0 Å². The van der Waals surface area contributed by atoms with E-state index in [0.717, 1.165) is 53.6 Å². The van der Waals surface area contributed by atoms with Gasteiger partial charge in [-0.25, -0.2) is 0 Å². The maximum absolute atomic E-state index is 13.2. The number of phenolic OH excluding ortho intramolecular Hbond substituents is 1. The maximum Gasteiger partial charge on any atom is 0.416 e. The molecule has 7 heteroatoms. The Hall–Kier alpha value is -3.45. The predicted molar refractivity (Wildman–Crippen MR) is 142 cm³/mol. The van der Waals surface area contributed by atoms with Gasteiger partial charge in [0.2, 0.25) is 0 Å². The van der Waals surface area contributed by atoms with E-state index in [2.05, 4.69) is 18.7 Å². The average Bonchev–Trinajstić information content (AvgIpc) is 3.34. The van der Waals surface area contributed by atoms with Crippen molar-refractivity contribution in [3.05, 3.63) is 89.0 Å². The first-order valence-electron chi connectivity index (χ1n) is 13.0. The van der Waals surface area contributed by atoms with Gasteiger partial charge in [-0.2, -0.15) is 13.2 Å². The first-order valence-corrected chi connectivity index (χ1v) is 13.0. The van der Waals surface area contributed by atoms with E-state index in [1.54, 1.807) is 18.2 Å². The standard InChI is InChI=1S/C31H32F3NO3/c1-19-14-15-35(17-19)20(2)18-37-26-11-6-23(7-12-26)30-29(22-4-8-24(9-5-22)31(32,33)34)21(3)27-16-25(36)10-13-28(27)38-30/h4-13,16,19-20,30,36H,14-15,17-18H2,1-3H3/t19-,20+,30?/m1/s1. The molecule has 1 unspecified atom stereocenters. The molecular formula is C31H32F3NO3. The van der Waals surface area contributed by atoms with Gasteiger partial charge in [0.25, 0.3) is 0 Å². The Labute approximate surface area is 221 Å². The molecule has 0 radical (unpaired) electrons. The zero-order valence-corrected chi connectivity index (χ0v) is 21.8. The van der Waals surface area contributed by atoms with Gasteiger partial charge in [0.05, 0.1) is 5.56 Å². The number of benzene rings is 3. The molecule has 3 aromatic rings. The van der Waals surface area contributed by atoms with Gasteiger partial charge in [-0.3, -0.25) is 4.90 Å². The molecule has 2 aliphatic rings. The van der Waals surface area contributed by atoms with E-state index in [9.17, 15) is 18.3 Å². The number of rotatable bonds is 6. The van der Waals surface area contributed by atoms with Crippen LogP contribution < -0.4 is 9.47 Å². The lowest BCUT2D eigenvalue weighted by molar-refractivity contribution is -0.137. The maximum atomic E-state index is 13.2. The normalized spacial score (nSPS) is 20.7. The number of aromatic hydroxyl groups is 1. The Morgan fingerprint density at radius 3 is 2.39 bits per heavy atom. The Morgan fingerprint density at radius 1 is 1.05 bits per heavy atom. The number of halogens is 3. The van der Waals surface area contributed by atoms with E-state index in [0.29, 0.717) is 29.5 Å². The Morgan fingerprint density at radius 2 is 1.76 bits per heavy atom. The zero-order valence-electron chi connectivity index (χ0n) is 21.8. The van der Waals surface area contributed by atoms with Gasteiger partial charge in [-0.05, 0) is 91.9 Å². The smallest absolute Gasteiger partial charge is 0.416 e. The molecule has 0 bridgehead atoms. The van der Waals surface area contributed by atoms with Crippen LogP contribution in [0.2, 0.25) is 0 Å². The topological polar surface area (TPSA) is 41.9 Å². The molecule has 3 aromatic carbocycles. The van der Waals surface area contributed by atoms with Crippen molar-refractivity contribution in [2.75, 3.05) is 19.7 Å². The van der Waals surface area contributed by atoms with Crippen LogP contribution in [0.15, 0.2) is 66.7 Å². The number of nitrogens with zero attached hydrogens (tertiary/aromatic N) is 1. The molecule has 3 atom stereocenters. The van der Waals surface area contributed by atoms with Gasteiger partial charge in [-0.15, -0.1) is 0 Å². The summed E-state index contributed by atoms with van der Waals surface area (Å²) in [5.74, 6) is 2.17. The van der Waals surface area contributed by atoms with Crippen LogP contribution in [0.5, 0.6) is 17.2 Å². The van der Waals surface area contributed by atoms with E-state index in [1.807, 2.05) is 31.2 Å². The summed E-state index contributed by atoms with van der Waals surface area (Å²) < 4.78 is 52.1. The second-order valence-corrected chi connectivity index (χ2v) is 10.4. The van der Waals surface area contributed by atoms with Crippen LogP contribution in [0.1, 0.15) is 55.5 Å². The van der Waals surface area contributed by atoms with Crippen molar-refractivity contribution in [1.82, 2.24) is 4.90 Å². The Bertz CT molecular complexity index is 1320. The summed E-state index contributed by atoms with van der Waals surface area (Å²) in [7, 11) is 0. The van der Waals surface area contributed by atoms with E-state index in [-0.39, 0.29) is 5.75 Å². The monoisotopic (exact) mass is 523 g/mol. The molecule has 2 aliphatic heterocycles. The van der Waals surface area contributed by atoms with Crippen molar-refractivity contribution in [2.45, 2.75) is 45.5 Å². The number of hydrogen-bond donors (Lipinski definition) is 1. The molecular weight excluding hydrogens is 491 g/mol. The fraction of sp³-hybridized carbons (Fsp3) is 0.355. The number of phenols is 1. The summed E-state index contributed by atoms with van der Waals surface area (Å²) in [6.07, 6.45) is -3.73. The molecule has 200 valence electrons. The fourth-order valence-corrected chi connectivity index (χ4v) is 5.31. The van der Waals surface area contributed by atoms with Crippen molar-refractivity contribution >= 4 is 11.1 Å². The minimum absolute atomic E-state index is 0.0936. The second-order valence-electron chi connectivity index (χ2n) is 10.4. The fourth-order valence-electron chi connectivity index (χ4n) is 5.31. The number of alkyl halides is 3. The molecule has 0 amide bonds. The lowest BCUT2D eigenvalue weighted by atomic mass is 9.86. The van der Waals surface area contributed by atoms with E-state index in [1.165, 1.54) is 18.6 Å². The summed E-state index contributed by atoms with van der Waals surface area (Å²) in [5.41, 5.74) is 3.07. The lowest BCUT2D eigenvalue weighted by Gasteiger charge is -2.31. The van der Waals surface area contributed by atoms with E-state index >= 15 is 0 Å². The van der Waals surface area contributed by atoms with Gasteiger partial charge in [-0.1, -0.05) is 31.2 Å². The molecule has 1 saturated heterocycles. The number of allylic oxidation sites excluding steroid dienone is 1. The molecule has 0 spiro atoms. The number of fused-ring (bicyclic) bond motifs is 1. The quantitative estimate of drug-likeness (QED) is 0.362. The van der Waals surface area contributed by atoms with Crippen LogP contribution in [0.3, 0.4) is 0 Å². The molecule has 4 nitrogen and oxygen atoms in total. The van der Waals surface area contributed by atoms with Crippen LogP contribution in [-0.4, -0.2) is 35.7 Å². The largest absolute Gasteiger partial charge is 0.508 e. The average molecular weight is 524 g/mol. The van der Waals surface area contributed by atoms with Crippen molar-refractivity contribution in [2.24, 2.45) is 5.92 Å². The van der Waals surface area contributed by atoms with Crippen LogP contribution in [0, 0.1) is 5.92 Å². The molecule has 0 aliphatic carbocycles. The number of ether oxygens (including phenoxy) is 2. The van der Waals surface area contributed by atoms with Gasteiger partial charge >= 0.3 is 6.18 Å². The van der Waals surface area contributed by atoms with Crippen LogP contribution in [0.4, 0.5) is 13.2 Å². The first kappa shape index (κ1) is 26.2. The van der Waals surface area contributed by atoms with Crippen molar-refractivity contribution in [1.29, 1.82) is 0 Å². The molecule has 5 rings (SSSR count). The third-order valence-corrected chi connectivity index (χ3v) is 7.55. The van der Waals surface area contributed by atoms with Crippen molar-refractivity contribution in [3.8, 4) is 17.2 Å². The van der Waals surface area contributed by atoms with E-state index < -0.39 is 17.8 Å². The first-order chi connectivity index (χ1) is 18.1. The van der Waals surface area contributed by atoms with E-state index in [4.69, 9.17) is 9.47 Å². The van der Waals surface area contributed by atoms with Gasteiger partial charge in [0.1, 0.15) is 30.0 Å². The minimum Gasteiger partial charge on any atom is -0.508 e. The highest BCUT2D eigenvalue weighted by Crippen LogP contribution is 2.47. The lowest BCUT2D eigenvalue weighted by Crippen LogP contribution is -2.35. The molecule has 38 heavy (non-hydrogen) atoms. The van der Waals surface area contributed by atoms with Gasteiger partial charge in [0, 0.05) is 23.7 Å². The Kier molecular flexibility index (Phi) is 7.14. The second kappa shape index (κ2) is 10.4. The van der Waals surface area contributed by atoms with Gasteiger partial charge in [0.15, 0.2) is 0 Å². The SMILES string of the molecule is CC1=C(c2ccc(C(F)(F)F)cc2)C(c2ccc(OC[C@H](C)N3CC[C@@H](C)C3)cc2)Oc2ccc(O)cc21. The third kappa shape index (κ3) is 5.39. The summed E-state index contributed by atoms with van der Waals surface area (Å²) >= 11 is 0. The summed E-state index contributed by atoms with van der Waals surface area (Å²) in [6, 6.07) is 18.0. The summed E-state index contributed by atoms with van der Waals surface area (Å²) in [5, 5.41) is 10.1. The molecule has 1 N–H and O–H groups in total.